The van der Waals surface area contributed by atoms with Crippen LogP contribution in [0.1, 0.15) is 21.5 Å². The van der Waals surface area contributed by atoms with E-state index in [-0.39, 0.29) is 16.1 Å². The lowest BCUT2D eigenvalue weighted by Gasteiger charge is -2.09. The lowest BCUT2D eigenvalue weighted by molar-refractivity contribution is -0.384. The largest absolute Gasteiger partial charge is 0.280 e. The quantitative estimate of drug-likeness (QED) is 0.331. The Kier molecular flexibility index (Phi) is 6.41. The Hall–Kier alpha value is -4.05. The third-order valence-electron chi connectivity index (χ3n) is 4.19. The zero-order valence-corrected chi connectivity index (χ0v) is 17.2. The number of anilines is 1. The molecule has 0 heterocycles. The number of aryl methyl sites for hydroxylation is 1. The fourth-order valence-corrected chi connectivity index (χ4v) is 3.63. The smallest absolute Gasteiger partial charge is 0.271 e. The second-order valence-corrected chi connectivity index (χ2v) is 8.23. The number of benzene rings is 3. The maximum Gasteiger partial charge on any atom is 0.271 e. The fourth-order valence-electron chi connectivity index (χ4n) is 2.57. The molecular formula is C21H18N4O5S. The summed E-state index contributed by atoms with van der Waals surface area (Å²) in [5, 5.41) is 14.6. The van der Waals surface area contributed by atoms with Crippen molar-refractivity contribution in [2.24, 2.45) is 5.10 Å². The molecule has 31 heavy (non-hydrogen) atoms. The summed E-state index contributed by atoms with van der Waals surface area (Å²) >= 11 is 0. The topological polar surface area (TPSA) is 131 Å². The van der Waals surface area contributed by atoms with Crippen LogP contribution in [0, 0.1) is 17.0 Å². The fraction of sp³-hybridized carbons (Fsp3) is 0.0476. The lowest BCUT2D eigenvalue weighted by atomic mass is 10.2. The van der Waals surface area contributed by atoms with E-state index in [9.17, 15) is 23.3 Å². The van der Waals surface area contributed by atoms with Gasteiger partial charge in [-0.15, -0.1) is 0 Å². The van der Waals surface area contributed by atoms with Crippen LogP contribution in [0.15, 0.2) is 82.8 Å². The number of rotatable bonds is 7. The van der Waals surface area contributed by atoms with E-state index in [1.807, 2.05) is 6.92 Å². The molecule has 0 atom stereocenters. The van der Waals surface area contributed by atoms with E-state index in [2.05, 4.69) is 15.2 Å². The number of amides is 1. The molecule has 10 heteroatoms. The normalized spacial score (nSPS) is 11.3. The highest BCUT2D eigenvalue weighted by molar-refractivity contribution is 7.92. The van der Waals surface area contributed by atoms with E-state index in [0.29, 0.717) is 11.3 Å². The van der Waals surface area contributed by atoms with Gasteiger partial charge in [-0.3, -0.25) is 19.6 Å². The van der Waals surface area contributed by atoms with Gasteiger partial charge in [0.2, 0.25) is 0 Å². The molecule has 3 aromatic carbocycles. The first-order valence-electron chi connectivity index (χ1n) is 9.02. The number of hydrazone groups is 1. The van der Waals surface area contributed by atoms with Gasteiger partial charge in [-0.2, -0.15) is 5.10 Å². The van der Waals surface area contributed by atoms with Crippen molar-refractivity contribution < 1.29 is 18.1 Å². The summed E-state index contributed by atoms with van der Waals surface area (Å²) in [6.45, 7) is 1.86. The Balaban J connectivity index is 1.63. The van der Waals surface area contributed by atoms with Crippen LogP contribution in [0.25, 0.3) is 0 Å². The van der Waals surface area contributed by atoms with Crippen molar-refractivity contribution in [1.82, 2.24) is 5.43 Å². The summed E-state index contributed by atoms with van der Waals surface area (Å²) in [5.74, 6) is -0.519. The van der Waals surface area contributed by atoms with Crippen LogP contribution in [-0.2, 0) is 10.0 Å². The molecule has 0 saturated carbocycles. The zero-order chi connectivity index (χ0) is 22.4. The SMILES string of the molecule is Cc1ccc(S(=O)(=O)Nc2ccc(C(=O)N/N=C\c3cccc([N+](=O)[O-])c3)cc2)cc1. The monoisotopic (exact) mass is 438 g/mol. The number of nitro benzene ring substituents is 1. The van der Waals surface area contributed by atoms with Crippen molar-refractivity contribution in [3.63, 3.8) is 0 Å². The van der Waals surface area contributed by atoms with Crippen molar-refractivity contribution in [3.8, 4) is 0 Å². The van der Waals surface area contributed by atoms with Gasteiger partial charge in [0, 0.05) is 28.9 Å². The molecule has 0 aliphatic carbocycles. The highest BCUT2D eigenvalue weighted by Crippen LogP contribution is 2.17. The average Bonchev–Trinajstić information content (AvgIpc) is 2.74. The highest BCUT2D eigenvalue weighted by Gasteiger charge is 2.14. The van der Waals surface area contributed by atoms with Gasteiger partial charge >= 0.3 is 0 Å². The van der Waals surface area contributed by atoms with Gasteiger partial charge in [-0.05, 0) is 43.3 Å². The first-order chi connectivity index (χ1) is 14.7. The molecule has 0 bridgehead atoms. The van der Waals surface area contributed by atoms with Crippen molar-refractivity contribution in [3.05, 3.63) is 99.6 Å². The van der Waals surface area contributed by atoms with E-state index in [1.165, 1.54) is 60.8 Å². The summed E-state index contributed by atoms with van der Waals surface area (Å²) in [7, 11) is -3.74. The van der Waals surface area contributed by atoms with Gasteiger partial charge in [-0.25, -0.2) is 13.8 Å². The number of hydrogen-bond donors (Lipinski definition) is 2. The minimum atomic E-state index is -3.74. The molecular weight excluding hydrogens is 420 g/mol. The molecule has 9 nitrogen and oxygen atoms in total. The van der Waals surface area contributed by atoms with Crippen LogP contribution < -0.4 is 10.1 Å². The molecule has 158 valence electrons. The standard InChI is InChI=1S/C21H18N4O5S/c1-15-5-11-20(12-6-15)31(29,30)24-18-9-7-17(8-10-18)21(26)23-22-14-16-3-2-4-19(13-16)25(27)28/h2-14,24H,1H3,(H,23,26)/b22-14-. The van der Waals surface area contributed by atoms with E-state index in [4.69, 9.17) is 0 Å². The maximum absolute atomic E-state index is 12.4. The van der Waals surface area contributed by atoms with Gasteiger partial charge in [0.15, 0.2) is 0 Å². The summed E-state index contributed by atoms with van der Waals surface area (Å²) in [4.78, 5) is 22.6. The van der Waals surface area contributed by atoms with Crippen LogP contribution in [-0.4, -0.2) is 25.5 Å². The number of carbonyl (C=O) groups is 1. The number of sulfonamides is 1. The average molecular weight is 438 g/mol. The van der Waals surface area contributed by atoms with Crippen molar-refractivity contribution >= 4 is 33.5 Å². The van der Waals surface area contributed by atoms with Crippen molar-refractivity contribution in [2.75, 3.05) is 4.72 Å². The molecule has 0 spiro atoms. The number of nitrogens with zero attached hydrogens (tertiary/aromatic N) is 2. The predicted octanol–water partition coefficient (Wildman–Crippen LogP) is 3.47. The molecule has 2 N–H and O–H groups in total. The van der Waals surface area contributed by atoms with Gasteiger partial charge < -0.3 is 0 Å². The Morgan fingerprint density at radius 3 is 2.35 bits per heavy atom. The first kappa shape index (κ1) is 21.7. The molecule has 0 aromatic heterocycles. The lowest BCUT2D eigenvalue weighted by Crippen LogP contribution is -2.18. The molecule has 3 rings (SSSR count). The maximum atomic E-state index is 12.4. The molecule has 0 fully saturated rings. The van der Waals surface area contributed by atoms with E-state index in [1.54, 1.807) is 18.2 Å². The number of nitro groups is 1. The number of carbonyl (C=O) groups excluding carboxylic acids is 1. The Morgan fingerprint density at radius 1 is 1.03 bits per heavy atom. The van der Waals surface area contributed by atoms with E-state index in [0.717, 1.165) is 5.56 Å². The summed E-state index contributed by atoms with van der Waals surface area (Å²) in [6.07, 6.45) is 1.29. The minimum Gasteiger partial charge on any atom is -0.280 e. The Bertz CT molecular complexity index is 1240. The third kappa shape index (κ3) is 5.73. The van der Waals surface area contributed by atoms with Gasteiger partial charge in [0.1, 0.15) is 0 Å². The predicted molar refractivity (Wildman–Crippen MR) is 117 cm³/mol. The number of hydrogen-bond acceptors (Lipinski definition) is 6. The summed E-state index contributed by atoms with van der Waals surface area (Å²) in [5.41, 5.74) is 4.20. The first-order valence-corrected chi connectivity index (χ1v) is 10.5. The van der Waals surface area contributed by atoms with Crippen LogP contribution in [0.4, 0.5) is 11.4 Å². The molecule has 0 aliphatic heterocycles. The molecule has 0 radical (unpaired) electrons. The minimum absolute atomic E-state index is 0.0843. The highest BCUT2D eigenvalue weighted by atomic mass is 32.2. The summed E-state index contributed by atoms with van der Waals surface area (Å²) in [6, 6.07) is 18.1. The van der Waals surface area contributed by atoms with Crippen molar-refractivity contribution in [2.45, 2.75) is 11.8 Å². The van der Waals surface area contributed by atoms with Crippen LogP contribution in [0.3, 0.4) is 0 Å². The molecule has 1 amide bonds. The van der Waals surface area contributed by atoms with E-state index >= 15 is 0 Å². The molecule has 3 aromatic rings. The van der Waals surface area contributed by atoms with Gasteiger partial charge in [-0.1, -0.05) is 29.8 Å². The molecule has 0 aliphatic rings. The van der Waals surface area contributed by atoms with Gasteiger partial charge in [0.05, 0.1) is 16.0 Å². The second-order valence-electron chi connectivity index (χ2n) is 6.55. The molecule has 0 unspecified atom stereocenters. The van der Waals surface area contributed by atoms with Crippen LogP contribution >= 0.6 is 0 Å². The van der Waals surface area contributed by atoms with Gasteiger partial charge in [0.25, 0.3) is 21.6 Å². The van der Waals surface area contributed by atoms with Crippen molar-refractivity contribution in [1.29, 1.82) is 0 Å². The van der Waals surface area contributed by atoms with E-state index < -0.39 is 20.9 Å². The van der Waals surface area contributed by atoms with Crippen LogP contribution in [0.2, 0.25) is 0 Å². The van der Waals surface area contributed by atoms with Crippen LogP contribution in [0.5, 0.6) is 0 Å². The Morgan fingerprint density at radius 2 is 1.71 bits per heavy atom. The third-order valence-corrected chi connectivity index (χ3v) is 5.59. The Labute approximate surface area is 178 Å². The number of non-ortho nitro benzene ring substituents is 1. The number of nitrogens with one attached hydrogen (secondary N) is 2. The zero-order valence-electron chi connectivity index (χ0n) is 16.3. The molecule has 0 saturated heterocycles. The summed E-state index contributed by atoms with van der Waals surface area (Å²) < 4.78 is 27.3. The second kappa shape index (κ2) is 9.18.